The van der Waals surface area contributed by atoms with Crippen LogP contribution in [-0.4, -0.2) is 30.6 Å². The first-order chi connectivity index (χ1) is 8.84. The molecule has 0 amide bonds. The minimum atomic E-state index is 0.636. The third-order valence-corrected chi connectivity index (χ3v) is 5.28. The average molecular weight is 264 g/mol. The second-order valence-electron chi connectivity index (χ2n) is 5.70. The van der Waals surface area contributed by atoms with Crippen LogP contribution in [0.1, 0.15) is 49.1 Å². The summed E-state index contributed by atoms with van der Waals surface area (Å²) in [5.74, 6) is 0. The Kier molecular flexibility index (Phi) is 4.02. The molecule has 0 saturated heterocycles. The van der Waals surface area contributed by atoms with Gasteiger partial charge in [0.25, 0.3) is 0 Å². The molecule has 18 heavy (non-hydrogen) atoms. The molecule has 1 aromatic heterocycles. The van der Waals surface area contributed by atoms with E-state index in [1.807, 2.05) is 11.3 Å². The van der Waals surface area contributed by atoms with Gasteiger partial charge in [-0.05, 0) is 69.1 Å². The van der Waals surface area contributed by atoms with Crippen LogP contribution in [0, 0.1) is 0 Å². The topological polar surface area (TPSA) is 15.3 Å². The summed E-state index contributed by atoms with van der Waals surface area (Å²) in [4.78, 5) is 4.28. The van der Waals surface area contributed by atoms with Crippen molar-refractivity contribution >= 4 is 11.3 Å². The Hall–Kier alpha value is -0.380. The van der Waals surface area contributed by atoms with E-state index in [9.17, 15) is 0 Å². The highest BCUT2D eigenvalue weighted by Gasteiger charge is 2.24. The van der Waals surface area contributed by atoms with E-state index in [1.54, 1.807) is 10.4 Å². The fourth-order valence-corrected chi connectivity index (χ4v) is 3.86. The molecule has 2 nitrogen and oxygen atoms in total. The molecule has 1 unspecified atom stereocenters. The second kappa shape index (κ2) is 5.72. The van der Waals surface area contributed by atoms with E-state index in [1.165, 1.54) is 51.7 Å². The maximum Gasteiger partial charge on any atom is 0.0331 e. The Balaban J connectivity index is 1.40. The van der Waals surface area contributed by atoms with Gasteiger partial charge >= 0.3 is 0 Å². The van der Waals surface area contributed by atoms with Crippen LogP contribution in [0.2, 0.25) is 0 Å². The quantitative estimate of drug-likeness (QED) is 0.794. The van der Waals surface area contributed by atoms with E-state index in [4.69, 9.17) is 0 Å². The first kappa shape index (κ1) is 12.6. The molecule has 1 saturated carbocycles. The van der Waals surface area contributed by atoms with Gasteiger partial charge in [0.1, 0.15) is 0 Å². The first-order valence-corrected chi connectivity index (χ1v) is 8.26. The Morgan fingerprint density at radius 1 is 1.39 bits per heavy atom. The van der Waals surface area contributed by atoms with Gasteiger partial charge < -0.3 is 5.32 Å². The minimum Gasteiger partial charge on any atom is -0.314 e. The van der Waals surface area contributed by atoms with Crippen molar-refractivity contribution in [1.82, 2.24) is 10.2 Å². The summed E-state index contributed by atoms with van der Waals surface area (Å²) in [7, 11) is 0. The Morgan fingerprint density at radius 3 is 3.11 bits per heavy atom. The van der Waals surface area contributed by atoms with Crippen molar-refractivity contribution in [3.05, 3.63) is 21.9 Å². The number of fused-ring (bicyclic) bond motifs is 1. The highest BCUT2D eigenvalue weighted by Crippen LogP contribution is 2.32. The zero-order valence-corrected chi connectivity index (χ0v) is 12.1. The van der Waals surface area contributed by atoms with Crippen molar-refractivity contribution in [2.24, 2.45) is 0 Å². The monoisotopic (exact) mass is 264 g/mol. The standard InChI is InChI=1S/C15H24N2S/c1-12-14-7-11-18-15(14)6-10-17(12)9-3-2-8-16-13-4-5-13/h7,11-13,16H,2-6,8-10H2,1H3. The molecule has 0 radical (unpaired) electrons. The summed E-state index contributed by atoms with van der Waals surface area (Å²) in [5, 5.41) is 5.85. The lowest BCUT2D eigenvalue weighted by Crippen LogP contribution is -2.34. The molecule has 0 spiro atoms. The Morgan fingerprint density at radius 2 is 2.28 bits per heavy atom. The molecule has 100 valence electrons. The van der Waals surface area contributed by atoms with Crippen molar-refractivity contribution in [3.8, 4) is 0 Å². The molecule has 2 aliphatic rings. The van der Waals surface area contributed by atoms with E-state index in [0.717, 1.165) is 6.04 Å². The van der Waals surface area contributed by atoms with Crippen LogP contribution >= 0.6 is 11.3 Å². The van der Waals surface area contributed by atoms with Crippen LogP contribution in [0.4, 0.5) is 0 Å². The second-order valence-corrected chi connectivity index (χ2v) is 6.70. The third kappa shape index (κ3) is 2.95. The zero-order valence-electron chi connectivity index (χ0n) is 11.3. The van der Waals surface area contributed by atoms with E-state index < -0.39 is 0 Å². The minimum absolute atomic E-state index is 0.636. The lowest BCUT2D eigenvalue weighted by molar-refractivity contribution is 0.196. The number of thiophene rings is 1. The summed E-state index contributed by atoms with van der Waals surface area (Å²) in [6.07, 6.45) is 6.74. The zero-order chi connectivity index (χ0) is 12.4. The molecule has 1 atom stereocenters. The van der Waals surface area contributed by atoms with Gasteiger partial charge in [-0.15, -0.1) is 11.3 Å². The molecule has 1 aliphatic heterocycles. The van der Waals surface area contributed by atoms with Crippen molar-refractivity contribution in [1.29, 1.82) is 0 Å². The summed E-state index contributed by atoms with van der Waals surface area (Å²) in [6.45, 7) is 6.11. The molecule has 3 rings (SSSR count). The number of nitrogens with one attached hydrogen (secondary N) is 1. The summed E-state index contributed by atoms with van der Waals surface area (Å²) >= 11 is 1.94. The molecule has 2 heterocycles. The van der Waals surface area contributed by atoms with Gasteiger partial charge in [0, 0.05) is 23.5 Å². The van der Waals surface area contributed by atoms with E-state index in [0.29, 0.717) is 6.04 Å². The lowest BCUT2D eigenvalue weighted by Gasteiger charge is -2.33. The normalized spacial score (nSPS) is 24.2. The Labute approximate surface area is 114 Å². The largest absolute Gasteiger partial charge is 0.314 e. The van der Waals surface area contributed by atoms with Crippen LogP contribution in [0.25, 0.3) is 0 Å². The van der Waals surface area contributed by atoms with Gasteiger partial charge in [0.05, 0.1) is 0 Å². The van der Waals surface area contributed by atoms with Gasteiger partial charge in [0.2, 0.25) is 0 Å². The fraction of sp³-hybridized carbons (Fsp3) is 0.733. The van der Waals surface area contributed by atoms with Gasteiger partial charge in [-0.3, -0.25) is 4.90 Å². The summed E-state index contributed by atoms with van der Waals surface area (Å²) in [5.41, 5.74) is 1.59. The summed E-state index contributed by atoms with van der Waals surface area (Å²) < 4.78 is 0. The predicted molar refractivity (Wildman–Crippen MR) is 78.3 cm³/mol. The van der Waals surface area contributed by atoms with Gasteiger partial charge in [0.15, 0.2) is 0 Å². The summed E-state index contributed by atoms with van der Waals surface area (Å²) in [6, 6.07) is 3.83. The predicted octanol–water partition coefficient (Wildman–Crippen LogP) is 3.20. The number of rotatable bonds is 6. The molecule has 0 aromatic carbocycles. The molecular formula is C15H24N2S. The highest BCUT2D eigenvalue weighted by molar-refractivity contribution is 7.10. The van der Waals surface area contributed by atoms with E-state index in [-0.39, 0.29) is 0 Å². The first-order valence-electron chi connectivity index (χ1n) is 7.38. The van der Waals surface area contributed by atoms with E-state index in [2.05, 4.69) is 28.6 Å². The highest BCUT2D eigenvalue weighted by atomic mass is 32.1. The lowest BCUT2D eigenvalue weighted by atomic mass is 10.0. The van der Waals surface area contributed by atoms with Crippen LogP contribution in [0.5, 0.6) is 0 Å². The van der Waals surface area contributed by atoms with Crippen LogP contribution < -0.4 is 5.32 Å². The number of nitrogens with zero attached hydrogens (tertiary/aromatic N) is 1. The smallest absolute Gasteiger partial charge is 0.0331 e. The average Bonchev–Trinajstić information content (AvgIpc) is 3.06. The fourth-order valence-electron chi connectivity index (χ4n) is 2.90. The van der Waals surface area contributed by atoms with Crippen molar-refractivity contribution < 1.29 is 0 Å². The van der Waals surface area contributed by atoms with Crippen LogP contribution in [-0.2, 0) is 6.42 Å². The van der Waals surface area contributed by atoms with Crippen LogP contribution in [0.15, 0.2) is 11.4 Å². The van der Waals surface area contributed by atoms with E-state index >= 15 is 0 Å². The molecule has 0 bridgehead atoms. The maximum atomic E-state index is 3.60. The molecular weight excluding hydrogens is 240 g/mol. The third-order valence-electron chi connectivity index (χ3n) is 4.29. The van der Waals surface area contributed by atoms with Gasteiger partial charge in [-0.1, -0.05) is 0 Å². The number of hydrogen-bond acceptors (Lipinski definition) is 3. The number of hydrogen-bond donors (Lipinski definition) is 1. The van der Waals surface area contributed by atoms with Crippen molar-refractivity contribution in [2.75, 3.05) is 19.6 Å². The van der Waals surface area contributed by atoms with Crippen LogP contribution in [0.3, 0.4) is 0 Å². The maximum absolute atomic E-state index is 3.60. The number of unbranched alkanes of at least 4 members (excludes halogenated alkanes) is 1. The molecule has 1 fully saturated rings. The Bertz CT molecular complexity index is 384. The molecule has 1 aliphatic carbocycles. The van der Waals surface area contributed by atoms with Gasteiger partial charge in [-0.2, -0.15) is 0 Å². The molecule has 3 heteroatoms. The molecule has 1 aromatic rings. The van der Waals surface area contributed by atoms with Crippen molar-refractivity contribution in [2.45, 2.75) is 51.1 Å². The van der Waals surface area contributed by atoms with Gasteiger partial charge in [-0.25, -0.2) is 0 Å². The SMILES string of the molecule is CC1c2ccsc2CCN1CCCCNC1CC1. The molecule has 1 N–H and O–H groups in total. The van der Waals surface area contributed by atoms with Crippen molar-refractivity contribution in [3.63, 3.8) is 0 Å².